The summed E-state index contributed by atoms with van der Waals surface area (Å²) >= 11 is 0. The van der Waals surface area contributed by atoms with Gasteiger partial charge in [0.05, 0.1) is 19.5 Å². The van der Waals surface area contributed by atoms with Crippen molar-refractivity contribution in [2.24, 2.45) is 23.2 Å². The molecule has 102 valence electrons. The number of nitrogens with one attached hydrogen (secondary N) is 1. The molecule has 0 aromatic rings. The lowest BCUT2D eigenvalue weighted by Crippen LogP contribution is -3.06. The van der Waals surface area contributed by atoms with E-state index in [-0.39, 0.29) is 11.4 Å². The van der Waals surface area contributed by atoms with Crippen LogP contribution in [0.1, 0.15) is 38.5 Å². The average molecular weight is 252 g/mol. The van der Waals surface area contributed by atoms with Crippen molar-refractivity contribution in [1.29, 1.82) is 0 Å². The molecule has 4 fully saturated rings. The summed E-state index contributed by atoms with van der Waals surface area (Å²) in [5.74, 6) is 2.60. The standard InChI is InChI=1S/C15H25NO2/c1-16(2)3-4-18-14(17)15-8-11-5-12(9-15)7-13(6-11)10-15/h11-13H,3-10H2,1-2H3/p+1. The normalized spacial score (nSPS) is 41.4. The van der Waals surface area contributed by atoms with Crippen molar-refractivity contribution in [3.05, 3.63) is 0 Å². The van der Waals surface area contributed by atoms with E-state index in [0.717, 1.165) is 43.6 Å². The van der Waals surface area contributed by atoms with E-state index < -0.39 is 0 Å². The molecule has 0 aromatic heterocycles. The number of carbonyl (C=O) groups is 1. The monoisotopic (exact) mass is 252 g/mol. The first-order chi connectivity index (χ1) is 8.57. The molecule has 4 rings (SSSR count). The lowest BCUT2D eigenvalue weighted by atomic mass is 9.49. The molecule has 4 aliphatic carbocycles. The van der Waals surface area contributed by atoms with E-state index in [2.05, 4.69) is 14.1 Å². The lowest BCUT2D eigenvalue weighted by molar-refractivity contribution is -0.858. The van der Waals surface area contributed by atoms with Crippen LogP contribution in [0.15, 0.2) is 0 Å². The van der Waals surface area contributed by atoms with Crippen LogP contribution in [0.4, 0.5) is 0 Å². The fourth-order valence-electron chi connectivity index (χ4n) is 4.86. The van der Waals surface area contributed by atoms with Crippen LogP contribution in [0.2, 0.25) is 0 Å². The first kappa shape index (κ1) is 12.5. The van der Waals surface area contributed by atoms with Crippen LogP contribution in [-0.4, -0.2) is 33.2 Å². The Kier molecular flexibility index (Phi) is 3.13. The Morgan fingerprint density at radius 2 is 1.61 bits per heavy atom. The van der Waals surface area contributed by atoms with Gasteiger partial charge in [-0.2, -0.15) is 0 Å². The Morgan fingerprint density at radius 3 is 2.06 bits per heavy atom. The molecular weight excluding hydrogens is 226 g/mol. The molecule has 0 aliphatic heterocycles. The van der Waals surface area contributed by atoms with Crippen LogP contribution >= 0.6 is 0 Å². The maximum Gasteiger partial charge on any atom is 0.312 e. The highest BCUT2D eigenvalue weighted by Crippen LogP contribution is 2.60. The molecule has 0 unspecified atom stereocenters. The number of hydrogen-bond donors (Lipinski definition) is 1. The van der Waals surface area contributed by atoms with Crippen LogP contribution in [-0.2, 0) is 9.53 Å². The van der Waals surface area contributed by atoms with Crippen molar-refractivity contribution in [1.82, 2.24) is 0 Å². The molecule has 4 saturated carbocycles. The van der Waals surface area contributed by atoms with Crippen LogP contribution in [0, 0.1) is 23.2 Å². The average Bonchev–Trinajstić information content (AvgIpc) is 2.26. The maximum atomic E-state index is 12.4. The topological polar surface area (TPSA) is 30.7 Å². The Hall–Kier alpha value is -0.570. The molecular formula is C15H26NO2+. The molecule has 3 nitrogen and oxygen atoms in total. The number of likely N-dealkylation sites (N-methyl/N-ethyl adjacent to an activating group) is 1. The third kappa shape index (κ3) is 2.18. The van der Waals surface area contributed by atoms with Gasteiger partial charge in [-0.15, -0.1) is 0 Å². The van der Waals surface area contributed by atoms with Gasteiger partial charge < -0.3 is 9.64 Å². The Morgan fingerprint density at radius 1 is 1.11 bits per heavy atom. The minimum Gasteiger partial charge on any atom is -0.459 e. The summed E-state index contributed by atoms with van der Waals surface area (Å²) in [5, 5.41) is 0. The highest BCUT2D eigenvalue weighted by molar-refractivity contribution is 5.77. The van der Waals surface area contributed by atoms with Crippen molar-refractivity contribution in [3.63, 3.8) is 0 Å². The minimum absolute atomic E-state index is 0.0730. The molecule has 0 aromatic carbocycles. The Balaban J connectivity index is 1.62. The zero-order valence-corrected chi connectivity index (χ0v) is 11.7. The molecule has 0 radical (unpaired) electrons. The second-order valence-corrected chi connectivity index (χ2v) is 7.29. The van der Waals surface area contributed by atoms with Crippen molar-refractivity contribution in [2.45, 2.75) is 38.5 Å². The van der Waals surface area contributed by atoms with Crippen molar-refractivity contribution < 1.29 is 14.4 Å². The number of rotatable bonds is 4. The largest absolute Gasteiger partial charge is 0.459 e. The highest BCUT2D eigenvalue weighted by atomic mass is 16.5. The van der Waals surface area contributed by atoms with Crippen LogP contribution < -0.4 is 4.90 Å². The lowest BCUT2D eigenvalue weighted by Gasteiger charge is -2.55. The maximum absolute atomic E-state index is 12.4. The van der Waals surface area contributed by atoms with Gasteiger partial charge in [-0.1, -0.05) is 0 Å². The minimum atomic E-state index is -0.0730. The summed E-state index contributed by atoms with van der Waals surface area (Å²) in [7, 11) is 4.19. The van der Waals surface area contributed by atoms with Crippen LogP contribution in [0.5, 0.6) is 0 Å². The van der Waals surface area contributed by atoms with Gasteiger partial charge >= 0.3 is 5.97 Å². The van der Waals surface area contributed by atoms with Crippen molar-refractivity contribution in [2.75, 3.05) is 27.2 Å². The van der Waals surface area contributed by atoms with Gasteiger partial charge in [0.15, 0.2) is 0 Å². The summed E-state index contributed by atoms with van der Waals surface area (Å²) < 4.78 is 5.58. The molecule has 0 amide bonds. The summed E-state index contributed by atoms with van der Waals surface area (Å²) in [5.41, 5.74) is -0.0730. The zero-order valence-electron chi connectivity index (χ0n) is 11.7. The van der Waals surface area contributed by atoms with E-state index in [0.29, 0.717) is 6.61 Å². The van der Waals surface area contributed by atoms with Gasteiger partial charge in [-0.05, 0) is 56.3 Å². The molecule has 18 heavy (non-hydrogen) atoms. The highest BCUT2D eigenvalue weighted by Gasteiger charge is 2.55. The van der Waals surface area contributed by atoms with Gasteiger partial charge in [0.25, 0.3) is 0 Å². The van der Waals surface area contributed by atoms with Gasteiger partial charge in [-0.25, -0.2) is 0 Å². The molecule has 0 heterocycles. The first-order valence-electron chi connectivity index (χ1n) is 7.54. The van der Waals surface area contributed by atoms with E-state index in [9.17, 15) is 4.79 Å². The molecule has 1 N–H and O–H groups in total. The fourth-order valence-corrected chi connectivity index (χ4v) is 4.86. The molecule has 0 spiro atoms. The summed E-state index contributed by atoms with van der Waals surface area (Å²) in [6.07, 6.45) is 7.50. The van der Waals surface area contributed by atoms with Crippen LogP contribution in [0.3, 0.4) is 0 Å². The quantitative estimate of drug-likeness (QED) is 0.753. The van der Waals surface area contributed by atoms with Crippen molar-refractivity contribution >= 4 is 5.97 Å². The zero-order chi connectivity index (χ0) is 12.8. The fraction of sp³-hybridized carbons (Fsp3) is 0.933. The number of esters is 1. The molecule has 0 atom stereocenters. The first-order valence-corrected chi connectivity index (χ1v) is 7.54. The number of ether oxygens (including phenoxy) is 1. The summed E-state index contributed by atoms with van der Waals surface area (Å²) in [6, 6.07) is 0. The van der Waals surface area contributed by atoms with E-state index in [4.69, 9.17) is 4.74 Å². The van der Waals surface area contributed by atoms with Gasteiger partial charge in [0.1, 0.15) is 13.2 Å². The third-order valence-electron chi connectivity index (χ3n) is 5.31. The summed E-state index contributed by atoms with van der Waals surface area (Å²) in [4.78, 5) is 13.8. The van der Waals surface area contributed by atoms with Gasteiger partial charge in [0.2, 0.25) is 0 Å². The molecule has 4 bridgehead atoms. The Bertz CT molecular complexity index is 302. The predicted octanol–water partition coefficient (Wildman–Crippen LogP) is 0.890. The number of hydrogen-bond acceptors (Lipinski definition) is 2. The second-order valence-electron chi connectivity index (χ2n) is 7.29. The summed E-state index contributed by atoms with van der Waals surface area (Å²) in [6.45, 7) is 1.50. The van der Waals surface area contributed by atoms with E-state index >= 15 is 0 Å². The third-order valence-corrected chi connectivity index (χ3v) is 5.31. The molecule has 3 heteroatoms. The van der Waals surface area contributed by atoms with E-state index in [1.54, 1.807) is 0 Å². The van der Waals surface area contributed by atoms with Gasteiger partial charge in [-0.3, -0.25) is 4.79 Å². The SMILES string of the molecule is C[NH+](C)CCOC(=O)C12CC3CC(CC(C3)C1)C2. The second kappa shape index (κ2) is 4.52. The predicted molar refractivity (Wildman–Crippen MR) is 69.2 cm³/mol. The van der Waals surface area contributed by atoms with E-state index in [1.807, 2.05) is 0 Å². The van der Waals surface area contributed by atoms with Gasteiger partial charge in [0, 0.05) is 0 Å². The molecule has 0 saturated heterocycles. The van der Waals surface area contributed by atoms with Crippen molar-refractivity contribution in [3.8, 4) is 0 Å². The smallest absolute Gasteiger partial charge is 0.312 e. The number of quaternary nitrogens is 1. The number of carbonyl (C=O) groups excluding carboxylic acids is 1. The van der Waals surface area contributed by atoms with E-state index in [1.165, 1.54) is 24.2 Å². The Labute approximate surface area is 110 Å². The molecule has 4 aliphatic rings. The van der Waals surface area contributed by atoms with Crippen LogP contribution in [0.25, 0.3) is 0 Å².